The van der Waals surface area contributed by atoms with Crippen molar-refractivity contribution in [1.29, 1.82) is 0 Å². The summed E-state index contributed by atoms with van der Waals surface area (Å²) < 4.78 is 5.10. The second-order valence-corrected chi connectivity index (χ2v) is 6.77. The lowest BCUT2D eigenvalue weighted by Crippen LogP contribution is -2.52. The smallest absolute Gasteiger partial charge is 0.335 e. The molecule has 140 valence electrons. The molecule has 0 aliphatic carbocycles. The lowest BCUT2D eigenvalue weighted by molar-refractivity contribution is -0.165. The minimum atomic E-state index is -1.77. The van der Waals surface area contributed by atoms with Crippen LogP contribution in [-0.2, 0) is 14.4 Å². The van der Waals surface area contributed by atoms with E-state index < -0.39 is 17.5 Å². The molecule has 2 heterocycles. The van der Waals surface area contributed by atoms with Crippen LogP contribution in [0.3, 0.4) is 0 Å². The molecule has 0 bridgehead atoms. The summed E-state index contributed by atoms with van der Waals surface area (Å²) in [7, 11) is 1.56. The van der Waals surface area contributed by atoms with Gasteiger partial charge in [-0.3, -0.25) is 9.59 Å². The monoisotopic (exact) mass is 362 g/mol. The summed E-state index contributed by atoms with van der Waals surface area (Å²) in [6, 6.07) is 7.07. The van der Waals surface area contributed by atoms with Crippen molar-refractivity contribution >= 4 is 23.5 Å². The Bertz CT molecular complexity index is 709. The molecule has 1 aromatic rings. The van der Waals surface area contributed by atoms with Gasteiger partial charge in [-0.15, -0.1) is 0 Å². The van der Waals surface area contributed by atoms with Crippen LogP contribution in [0.2, 0.25) is 0 Å². The maximum atomic E-state index is 12.7. The average molecular weight is 362 g/mol. The minimum absolute atomic E-state index is 0.00304. The minimum Gasteiger partial charge on any atom is -0.497 e. The number of anilines is 1. The van der Waals surface area contributed by atoms with Crippen molar-refractivity contribution in [3.05, 3.63) is 24.3 Å². The normalized spacial score (nSPS) is 22.4. The molecular weight excluding hydrogens is 340 g/mol. The van der Waals surface area contributed by atoms with Crippen LogP contribution in [0.25, 0.3) is 0 Å². The first-order chi connectivity index (χ1) is 12.3. The number of carboxylic acid groups (broad SMARTS) is 1. The fourth-order valence-electron chi connectivity index (χ4n) is 3.45. The molecule has 0 spiro atoms. The lowest BCUT2D eigenvalue weighted by atomic mass is 9.91. The van der Waals surface area contributed by atoms with Crippen LogP contribution in [0.4, 0.5) is 5.69 Å². The van der Waals surface area contributed by atoms with Crippen molar-refractivity contribution in [2.24, 2.45) is 5.92 Å². The number of amides is 2. The maximum absolute atomic E-state index is 12.7. The van der Waals surface area contributed by atoms with Gasteiger partial charge in [0.1, 0.15) is 5.75 Å². The molecule has 8 nitrogen and oxygen atoms in total. The van der Waals surface area contributed by atoms with Gasteiger partial charge in [-0.25, -0.2) is 4.79 Å². The van der Waals surface area contributed by atoms with E-state index in [1.165, 1.54) is 0 Å². The Kier molecular flexibility index (Phi) is 4.86. The summed E-state index contributed by atoms with van der Waals surface area (Å²) >= 11 is 0. The number of aliphatic hydroxyl groups is 1. The van der Waals surface area contributed by atoms with Crippen molar-refractivity contribution in [3.63, 3.8) is 0 Å². The summed E-state index contributed by atoms with van der Waals surface area (Å²) in [4.78, 5) is 39.2. The predicted octanol–water partition coefficient (Wildman–Crippen LogP) is 0.486. The van der Waals surface area contributed by atoms with Gasteiger partial charge in [0.05, 0.1) is 13.0 Å². The van der Waals surface area contributed by atoms with E-state index in [1.54, 1.807) is 41.2 Å². The Hall–Kier alpha value is -2.61. The number of aliphatic carboxylic acids is 1. The maximum Gasteiger partial charge on any atom is 0.335 e. The van der Waals surface area contributed by atoms with Crippen LogP contribution in [-0.4, -0.2) is 65.2 Å². The molecule has 0 saturated carbocycles. The summed E-state index contributed by atoms with van der Waals surface area (Å²) in [6.07, 6.45) is 0.123. The van der Waals surface area contributed by atoms with Gasteiger partial charge in [-0.05, 0) is 24.3 Å². The van der Waals surface area contributed by atoms with Crippen molar-refractivity contribution in [2.45, 2.75) is 24.9 Å². The van der Waals surface area contributed by atoms with Crippen molar-refractivity contribution in [2.75, 3.05) is 31.6 Å². The van der Waals surface area contributed by atoms with Crippen LogP contribution in [0.1, 0.15) is 19.3 Å². The zero-order valence-corrected chi connectivity index (χ0v) is 14.6. The van der Waals surface area contributed by atoms with E-state index in [1.807, 2.05) is 0 Å². The number of carbonyl (C=O) groups excluding carboxylic acids is 2. The molecule has 8 heteroatoms. The third-order valence-corrected chi connectivity index (χ3v) is 5.16. The first-order valence-corrected chi connectivity index (χ1v) is 8.53. The molecule has 0 radical (unpaired) electrons. The SMILES string of the molecule is COc1ccc(N2CC(C(=O)N3CCC(O)(C(=O)O)CC3)CC2=O)cc1. The number of ether oxygens (including phenoxy) is 1. The van der Waals surface area contributed by atoms with Crippen molar-refractivity contribution < 1.29 is 29.3 Å². The lowest BCUT2D eigenvalue weighted by Gasteiger charge is -2.36. The quantitative estimate of drug-likeness (QED) is 0.807. The first kappa shape index (κ1) is 18.2. The highest BCUT2D eigenvalue weighted by Gasteiger charge is 2.43. The van der Waals surface area contributed by atoms with Gasteiger partial charge in [0.2, 0.25) is 11.8 Å². The fourth-order valence-corrected chi connectivity index (χ4v) is 3.45. The summed E-state index contributed by atoms with van der Waals surface area (Å²) in [6.45, 7) is 0.646. The van der Waals surface area contributed by atoms with Gasteiger partial charge in [0, 0.05) is 44.6 Å². The van der Waals surface area contributed by atoms with E-state index in [9.17, 15) is 19.5 Å². The van der Waals surface area contributed by atoms with E-state index in [0.717, 1.165) is 0 Å². The topological polar surface area (TPSA) is 107 Å². The number of carbonyl (C=O) groups is 3. The van der Waals surface area contributed by atoms with Gasteiger partial charge in [0.15, 0.2) is 5.60 Å². The molecule has 1 unspecified atom stereocenters. The summed E-state index contributed by atoms with van der Waals surface area (Å²) in [5.41, 5.74) is -1.05. The number of hydrogen-bond donors (Lipinski definition) is 2. The number of methoxy groups -OCH3 is 1. The molecule has 2 N–H and O–H groups in total. The van der Waals surface area contributed by atoms with Crippen LogP contribution in [0.5, 0.6) is 5.75 Å². The van der Waals surface area contributed by atoms with E-state index in [0.29, 0.717) is 18.0 Å². The Morgan fingerprint density at radius 1 is 1.19 bits per heavy atom. The van der Waals surface area contributed by atoms with Gasteiger partial charge in [-0.1, -0.05) is 0 Å². The third-order valence-electron chi connectivity index (χ3n) is 5.16. The van der Waals surface area contributed by atoms with Crippen LogP contribution >= 0.6 is 0 Å². The molecule has 2 aliphatic rings. The van der Waals surface area contributed by atoms with Gasteiger partial charge >= 0.3 is 5.97 Å². The third kappa shape index (κ3) is 3.37. The van der Waals surface area contributed by atoms with Crippen LogP contribution in [0, 0.1) is 5.92 Å². The molecule has 2 saturated heterocycles. The molecule has 0 aromatic heterocycles. The molecule has 1 aromatic carbocycles. The fraction of sp³-hybridized carbons (Fsp3) is 0.500. The van der Waals surface area contributed by atoms with Crippen LogP contribution in [0.15, 0.2) is 24.3 Å². The van der Waals surface area contributed by atoms with Crippen LogP contribution < -0.4 is 9.64 Å². The van der Waals surface area contributed by atoms with E-state index in [4.69, 9.17) is 9.84 Å². The van der Waals surface area contributed by atoms with E-state index in [-0.39, 0.29) is 44.2 Å². The number of rotatable bonds is 4. The average Bonchev–Trinajstić information content (AvgIpc) is 3.03. The number of piperidine rings is 1. The molecule has 2 fully saturated rings. The standard InChI is InChI=1S/C18H22N2O6/c1-26-14-4-2-13(3-5-14)20-11-12(10-15(20)21)16(22)19-8-6-18(25,7-9-19)17(23)24/h2-5,12,25H,6-11H2,1H3,(H,23,24). The molecular formula is C18H22N2O6. The predicted molar refractivity (Wildman–Crippen MR) is 91.9 cm³/mol. The van der Waals surface area contributed by atoms with Gasteiger partial charge < -0.3 is 24.7 Å². The Balaban J connectivity index is 1.63. The van der Waals surface area contributed by atoms with E-state index in [2.05, 4.69) is 0 Å². The molecule has 26 heavy (non-hydrogen) atoms. The van der Waals surface area contributed by atoms with Gasteiger partial charge in [0.25, 0.3) is 0 Å². The zero-order chi connectivity index (χ0) is 18.9. The Morgan fingerprint density at radius 3 is 2.35 bits per heavy atom. The number of carboxylic acids is 1. The Morgan fingerprint density at radius 2 is 1.81 bits per heavy atom. The van der Waals surface area contributed by atoms with E-state index >= 15 is 0 Å². The highest BCUT2D eigenvalue weighted by molar-refractivity contribution is 6.00. The molecule has 1 atom stereocenters. The number of benzene rings is 1. The largest absolute Gasteiger partial charge is 0.497 e. The highest BCUT2D eigenvalue weighted by atomic mass is 16.5. The molecule has 3 rings (SSSR count). The van der Waals surface area contributed by atoms with Crippen molar-refractivity contribution in [1.82, 2.24) is 4.90 Å². The number of hydrogen-bond acceptors (Lipinski definition) is 5. The second kappa shape index (κ2) is 6.95. The van der Waals surface area contributed by atoms with Crippen molar-refractivity contribution in [3.8, 4) is 5.75 Å². The summed E-state index contributed by atoms with van der Waals surface area (Å²) in [5, 5.41) is 19.0. The summed E-state index contributed by atoms with van der Waals surface area (Å²) in [5.74, 6) is -1.31. The zero-order valence-electron chi connectivity index (χ0n) is 14.6. The second-order valence-electron chi connectivity index (χ2n) is 6.77. The number of nitrogens with zero attached hydrogens (tertiary/aromatic N) is 2. The van der Waals surface area contributed by atoms with Gasteiger partial charge in [-0.2, -0.15) is 0 Å². The first-order valence-electron chi connectivity index (χ1n) is 8.53. The molecule has 2 aliphatic heterocycles. The Labute approximate surface area is 151 Å². The highest BCUT2D eigenvalue weighted by Crippen LogP contribution is 2.30. The number of likely N-dealkylation sites (tertiary alicyclic amines) is 1. The molecule has 2 amide bonds.